The third-order valence-electron chi connectivity index (χ3n) is 4.42. The van der Waals surface area contributed by atoms with Gasteiger partial charge in [-0.25, -0.2) is 8.42 Å². The van der Waals surface area contributed by atoms with Crippen LogP contribution < -0.4 is 4.90 Å². The number of nitrogens with one attached hydrogen (secondary N) is 1. The first kappa shape index (κ1) is 17.4. The topological polar surface area (TPSA) is 41.8 Å². The maximum Gasteiger partial charge on any atom is 0.244 e. The number of quaternary nitrogens is 1. The van der Waals surface area contributed by atoms with Gasteiger partial charge in [-0.3, -0.25) is 0 Å². The van der Waals surface area contributed by atoms with Gasteiger partial charge in [0.15, 0.2) is 0 Å². The summed E-state index contributed by atoms with van der Waals surface area (Å²) in [7, 11) is -3.51. The second-order valence-corrected chi connectivity index (χ2v) is 8.56. The van der Waals surface area contributed by atoms with Gasteiger partial charge in [-0.1, -0.05) is 53.6 Å². The Hall–Kier alpha value is -1.40. The number of sulfonamides is 1. The molecule has 1 saturated heterocycles. The molecule has 24 heavy (non-hydrogen) atoms. The molecule has 1 fully saturated rings. The molecule has 0 aliphatic carbocycles. The third-order valence-corrected chi connectivity index (χ3v) is 6.82. The molecule has 1 heterocycles. The Kier molecular flexibility index (Phi) is 5.25. The molecular formula is C18H22ClN2O2S+. The van der Waals surface area contributed by atoms with Crippen LogP contribution in [0.3, 0.4) is 0 Å². The van der Waals surface area contributed by atoms with Gasteiger partial charge in [0.25, 0.3) is 0 Å². The minimum absolute atomic E-state index is 0.203. The number of halogens is 1. The average molecular weight is 366 g/mol. The predicted octanol–water partition coefficient (Wildman–Crippen LogP) is 1.74. The van der Waals surface area contributed by atoms with Gasteiger partial charge >= 0.3 is 0 Å². The molecule has 0 spiro atoms. The van der Waals surface area contributed by atoms with Crippen molar-refractivity contribution in [1.82, 2.24) is 4.31 Å². The summed E-state index contributed by atoms with van der Waals surface area (Å²) in [6, 6.07) is 15.1. The second-order valence-electron chi connectivity index (χ2n) is 6.25. The van der Waals surface area contributed by atoms with E-state index >= 15 is 0 Å². The lowest BCUT2D eigenvalue weighted by molar-refractivity contribution is -0.917. The Morgan fingerprint density at radius 1 is 1.08 bits per heavy atom. The Balaban J connectivity index is 1.66. The van der Waals surface area contributed by atoms with E-state index in [1.807, 2.05) is 0 Å². The van der Waals surface area contributed by atoms with Crippen LogP contribution in [0.4, 0.5) is 0 Å². The van der Waals surface area contributed by atoms with E-state index < -0.39 is 10.0 Å². The second kappa shape index (κ2) is 7.23. The summed E-state index contributed by atoms with van der Waals surface area (Å²) >= 11 is 6.07. The van der Waals surface area contributed by atoms with Crippen LogP contribution in [0.5, 0.6) is 0 Å². The highest BCUT2D eigenvalue weighted by atomic mass is 35.5. The normalized spacial score (nSPS) is 17.1. The zero-order valence-corrected chi connectivity index (χ0v) is 15.3. The first-order valence-electron chi connectivity index (χ1n) is 8.10. The molecule has 6 heteroatoms. The fourth-order valence-corrected chi connectivity index (χ4v) is 5.06. The van der Waals surface area contributed by atoms with Crippen LogP contribution >= 0.6 is 11.6 Å². The van der Waals surface area contributed by atoms with Crippen LogP contribution in [0, 0.1) is 6.92 Å². The summed E-state index contributed by atoms with van der Waals surface area (Å²) in [4.78, 5) is 1.61. The van der Waals surface area contributed by atoms with E-state index in [1.54, 1.807) is 28.6 Å². The van der Waals surface area contributed by atoms with Crippen LogP contribution in [0.15, 0.2) is 53.4 Å². The molecule has 0 amide bonds. The van der Waals surface area contributed by atoms with E-state index in [1.165, 1.54) is 16.0 Å². The molecule has 0 bridgehead atoms. The van der Waals surface area contributed by atoms with Crippen molar-refractivity contribution in [2.75, 3.05) is 26.2 Å². The Labute approximate surface area is 148 Å². The number of rotatable bonds is 4. The SMILES string of the molecule is Cc1cccc(C[NH+]2CCN(S(=O)(=O)c3ccccc3Cl)CC2)c1. The lowest BCUT2D eigenvalue weighted by Gasteiger charge is -2.31. The van der Waals surface area contributed by atoms with Gasteiger partial charge in [0.1, 0.15) is 11.4 Å². The van der Waals surface area contributed by atoms with E-state index in [0.29, 0.717) is 13.1 Å². The van der Waals surface area contributed by atoms with Gasteiger partial charge in [0.2, 0.25) is 10.0 Å². The van der Waals surface area contributed by atoms with Crippen molar-refractivity contribution < 1.29 is 13.3 Å². The summed E-state index contributed by atoms with van der Waals surface area (Å²) in [6.45, 7) is 5.67. The highest BCUT2D eigenvalue weighted by Crippen LogP contribution is 2.24. The van der Waals surface area contributed by atoms with E-state index in [2.05, 4.69) is 31.2 Å². The molecule has 4 nitrogen and oxygen atoms in total. The quantitative estimate of drug-likeness (QED) is 0.896. The third kappa shape index (κ3) is 3.81. The summed E-state index contributed by atoms with van der Waals surface area (Å²) < 4.78 is 27.0. The lowest BCUT2D eigenvalue weighted by atomic mass is 10.1. The number of aryl methyl sites for hydroxylation is 1. The van der Waals surface area contributed by atoms with Gasteiger partial charge in [-0.2, -0.15) is 4.31 Å². The molecule has 0 saturated carbocycles. The van der Waals surface area contributed by atoms with E-state index in [0.717, 1.165) is 19.6 Å². The molecule has 3 rings (SSSR count). The van der Waals surface area contributed by atoms with Crippen molar-refractivity contribution in [2.24, 2.45) is 0 Å². The zero-order valence-electron chi connectivity index (χ0n) is 13.7. The Morgan fingerprint density at radius 3 is 2.46 bits per heavy atom. The molecule has 128 valence electrons. The van der Waals surface area contributed by atoms with Gasteiger partial charge < -0.3 is 4.90 Å². The van der Waals surface area contributed by atoms with Crippen molar-refractivity contribution in [1.29, 1.82) is 0 Å². The van der Waals surface area contributed by atoms with Crippen LogP contribution in [-0.4, -0.2) is 38.9 Å². The molecule has 0 unspecified atom stereocenters. The Morgan fingerprint density at radius 2 is 1.79 bits per heavy atom. The van der Waals surface area contributed by atoms with Crippen LogP contribution in [0.25, 0.3) is 0 Å². The molecular weight excluding hydrogens is 344 g/mol. The van der Waals surface area contributed by atoms with Crippen molar-refractivity contribution >= 4 is 21.6 Å². The zero-order chi connectivity index (χ0) is 17.2. The maximum absolute atomic E-state index is 12.7. The minimum Gasteiger partial charge on any atom is -0.329 e. The summed E-state index contributed by atoms with van der Waals surface area (Å²) in [5.41, 5.74) is 2.55. The standard InChI is InChI=1S/C18H21ClN2O2S/c1-15-5-4-6-16(13-15)14-20-9-11-21(12-10-20)24(22,23)18-8-3-2-7-17(18)19/h2-8,13H,9-12,14H2,1H3/p+1. The molecule has 0 aromatic heterocycles. The number of hydrogen-bond acceptors (Lipinski definition) is 2. The smallest absolute Gasteiger partial charge is 0.244 e. The summed E-state index contributed by atoms with van der Waals surface area (Å²) in [5.74, 6) is 0. The van der Waals surface area contributed by atoms with Crippen molar-refractivity contribution in [3.63, 3.8) is 0 Å². The minimum atomic E-state index is -3.51. The number of benzene rings is 2. The van der Waals surface area contributed by atoms with Crippen molar-refractivity contribution in [3.05, 3.63) is 64.7 Å². The molecule has 1 aliphatic heterocycles. The van der Waals surface area contributed by atoms with E-state index in [4.69, 9.17) is 11.6 Å². The maximum atomic E-state index is 12.7. The first-order valence-corrected chi connectivity index (χ1v) is 9.92. The van der Waals surface area contributed by atoms with Gasteiger partial charge in [-0.05, 0) is 19.1 Å². The van der Waals surface area contributed by atoms with Crippen LogP contribution in [-0.2, 0) is 16.6 Å². The molecule has 0 atom stereocenters. The lowest BCUT2D eigenvalue weighted by Crippen LogP contribution is -3.13. The molecule has 0 radical (unpaired) electrons. The van der Waals surface area contributed by atoms with Crippen molar-refractivity contribution in [2.45, 2.75) is 18.4 Å². The largest absolute Gasteiger partial charge is 0.329 e. The molecule has 1 N–H and O–H groups in total. The molecule has 1 aliphatic rings. The highest BCUT2D eigenvalue weighted by Gasteiger charge is 2.31. The van der Waals surface area contributed by atoms with Crippen molar-refractivity contribution in [3.8, 4) is 0 Å². The monoisotopic (exact) mass is 365 g/mol. The number of hydrogen-bond donors (Lipinski definition) is 1. The van der Waals surface area contributed by atoms with Gasteiger partial charge in [-0.15, -0.1) is 0 Å². The predicted molar refractivity (Wildman–Crippen MR) is 95.8 cm³/mol. The number of nitrogens with zero attached hydrogens (tertiary/aromatic N) is 1. The summed E-state index contributed by atoms with van der Waals surface area (Å²) in [6.07, 6.45) is 0. The fraction of sp³-hybridized carbons (Fsp3) is 0.333. The average Bonchev–Trinajstić information content (AvgIpc) is 2.55. The molecule has 2 aromatic carbocycles. The Bertz CT molecular complexity index is 815. The first-order chi connectivity index (χ1) is 11.5. The highest BCUT2D eigenvalue weighted by molar-refractivity contribution is 7.89. The fourth-order valence-electron chi connectivity index (χ4n) is 3.12. The van der Waals surface area contributed by atoms with Crippen LogP contribution in [0.2, 0.25) is 5.02 Å². The summed E-state index contributed by atoms with van der Waals surface area (Å²) in [5, 5.41) is 0.284. The van der Waals surface area contributed by atoms with Gasteiger partial charge in [0, 0.05) is 5.56 Å². The van der Waals surface area contributed by atoms with E-state index in [9.17, 15) is 8.42 Å². The van der Waals surface area contributed by atoms with Gasteiger partial charge in [0.05, 0.1) is 31.2 Å². The van der Waals surface area contributed by atoms with Crippen LogP contribution in [0.1, 0.15) is 11.1 Å². The molecule has 2 aromatic rings. The van der Waals surface area contributed by atoms with E-state index in [-0.39, 0.29) is 9.92 Å². The number of piperazine rings is 1.